The van der Waals surface area contributed by atoms with E-state index in [9.17, 15) is 0 Å². The topological polar surface area (TPSA) is 70.8 Å². The molecule has 3 aromatic rings. The number of aromatic amines is 1. The van der Waals surface area contributed by atoms with E-state index in [1.807, 2.05) is 23.7 Å². The molecule has 6 nitrogen and oxygen atoms in total. The van der Waals surface area contributed by atoms with E-state index in [0.717, 1.165) is 30.8 Å². The lowest BCUT2D eigenvalue weighted by atomic mass is 9.93. The third kappa shape index (κ3) is 2.94. The summed E-state index contributed by atoms with van der Waals surface area (Å²) < 4.78 is 5.87. The zero-order valence-electron chi connectivity index (χ0n) is 13.0. The molecular weight excluding hydrogens is 310 g/mol. The summed E-state index contributed by atoms with van der Waals surface area (Å²) >= 11 is 1.62. The van der Waals surface area contributed by atoms with E-state index in [-0.39, 0.29) is 6.04 Å². The molecule has 0 aliphatic carbocycles. The van der Waals surface area contributed by atoms with Gasteiger partial charge in [-0.1, -0.05) is 6.07 Å². The maximum atomic E-state index is 5.87. The lowest BCUT2D eigenvalue weighted by Crippen LogP contribution is -2.35. The van der Waals surface area contributed by atoms with Gasteiger partial charge < -0.3 is 4.42 Å². The molecule has 0 unspecified atom stereocenters. The molecule has 1 saturated heterocycles. The van der Waals surface area contributed by atoms with Crippen LogP contribution in [0.1, 0.15) is 43.3 Å². The summed E-state index contributed by atoms with van der Waals surface area (Å²) in [5, 5.41) is 17.6. The fraction of sp³-hybridized carbons (Fsp3) is 0.438. The minimum absolute atomic E-state index is 0.152. The van der Waals surface area contributed by atoms with E-state index in [4.69, 9.17) is 4.42 Å². The number of H-pyrrole nitrogens is 1. The zero-order chi connectivity index (χ0) is 15.6. The molecule has 0 saturated carbocycles. The number of thiophene rings is 1. The summed E-state index contributed by atoms with van der Waals surface area (Å²) in [6.45, 7) is 4.20. The Morgan fingerprint density at radius 3 is 2.87 bits per heavy atom. The van der Waals surface area contributed by atoms with Crippen molar-refractivity contribution >= 4 is 11.3 Å². The number of likely N-dealkylation sites (tertiary alicyclic amines) is 1. The molecule has 4 rings (SSSR count). The number of piperidine rings is 1. The van der Waals surface area contributed by atoms with Gasteiger partial charge in [0.1, 0.15) is 0 Å². The molecule has 4 heterocycles. The minimum Gasteiger partial charge on any atom is -0.418 e. The second kappa shape index (κ2) is 6.25. The minimum atomic E-state index is 0.152. The molecule has 1 N–H and O–H groups in total. The van der Waals surface area contributed by atoms with Crippen molar-refractivity contribution in [1.29, 1.82) is 0 Å². The number of rotatable bonds is 4. The predicted molar refractivity (Wildman–Crippen MR) is 88.2 cm³/mol. The van der Waals surface area contributed by atoms with Gasteiger partial charge in [-0.3, -0.25) is 10.00 Å². The molecule has 1 atom stereocenters. The predicted octanol–water partition coefficient (Wildman–Crippen LogP) is 3.46. The van der Waals surface area contributed by atoms with Crippen LogP contribution in [0.4, 0.5) is 0 Å². The normalized spacial score (nSPS) is 18.3. The Bertz CT molecular complexity index is 728. The average Bonchev–Trinajstić information content (AvgIpc) is 3.36. The largest absolute Gasteiger partial charge is 0.418 e. The van der Waals surface area contributed by atoms with Crippen LogP contribution in [-0.2, 0) is 0 Å². The van der Waals surface area contributed by atoms with Crippen LogP contribution in [0.15, 0.2) is 34.2 Å². The number of nitrogens with zero attached hydrogens (tertiary/aromatic N) is 4. The van der Waals surface area contributed by atoms with Crippen molar-refractivity contribution in [2.45, 2.75) is 31.7 Å². The lowest BCUT2D eigenvalue weighted by Gasteiger charge is -2.34. The van der Waals surface area contributed by atoms with Gasteiger partial charge in [0.2, 0.25) is 5.89 Å². The van der Waals surface area contributed by atoms with Gasteiger partial charge in [0, 0.05) is 17.8 Å². The van der Waals surface area contributed by atoms with E-state index in [0.29, 0.717) is 17.7 Å². The number of hydrogen-bond acceptors (Lipinski definition) is 6. The first-order valence-electron chi connectivity index (χ1n) is 7.92. The third-order valence-corrected chi connectivity index (χ3v) is 5.43. The smallest absolute Gasteiger partial charge is 0.257 e. The van der Waals surface area contributed by atoms with Crippen LogP contribution < -0.4 is 0 Å². The van der Waals surface area contributed by atoms with Gasteiger partial charge >= 0.3 is 0 Å². The summed E-state index contributed by atoms with van der Waals surface area (Å²) in [4.78, 5) is 3.44. The molecule has 120 valence electrons. The van der Waals surface area contributed by atoms with Crippen molar-refractivity contribution in [3.05, 3.63) is 41.4 Å². The first-order chi connectivity index (χ1) is 11.3. The molecule has 1 aliphatic heterocycles. The fourth-order valence-electron chi connectivity index (χ4n) is 3.15. The van der Waals surface area contributed by atoms with Gasteiger partial charge in [-0.25, -0.2) is 0 Å². The second-order valence-electron chi connectivity index (χ2n) is 5.92. The number of hydrogen-bond donors (Lipinski definition) is 1. The van der Waals surface area contributed by atoms with Gasteiger partial charge in [0.25, 0.3) is 5.89 Å². The Balaban J connectivity index is 1.41. The second-order valence-corrected chi connectivity index (χ2v) is 6.87. The van der Waals surface area contributed by atoms with Gasteiger partial charge in [0.15, 0.2) is 0 Å². The summed E-state index contributed by atoms with van der Waals surface area (Å²) in [6, 6.07) is 6.23. The maximum absolute atomic E-state index is 5.87. The summed E-state index contributed by atoms with van der Waals surface area (Å²) in [5.41, 5.74) is 1.25. The van der Waals surface area contributed by atoms with Crippen LogP contribution in [0.5, 0.6) is 0 Å². The summed E-state index contributed by atoms with van der Waals surface area (Å²) in [6.07, 6.45) is 4.08. The molecular formula is C16H19N5OS. The van der Waals surface area contributed by atoms with Crippen LogP contribution in [-0.4, -0.2) is 38.4 Å². The fourth-order valence-corrected chi connectivity index (χ4v) is 3.80. The van der Waals surface area contributed by atoms with E-state index in [1.165, 1.54) is 5.69 Å². The third-order valence-electron chi connectivity index (χ3n) is 4.57. The Morgan fingerprint density at radius 1 is 1.30 bits per heavy atom. The van der Waals surface area contributed by atoms with E-state index in [1.54, 1.807) is 11.3 Å². The Labute approximate surface area is 138 Å². The van der Waals surface area contributed by atoms with Crippen LogP contribution in [0, 0.1) is 0 Å². The molecule has 7 heteroatoms. The molecule has 1 aliphatic rings. The van der Waals surface area contributed by atoms with Crippen molar-refractivity contribution in [2.24, 2.45) is 0 Å². The molecule has 3 aromatic heterocycles. The van der Waals surface area contributed by atoms with Crippen molar-refractivity contribution in [3.63, 3.8) is 0 Å². The lowest BCUT2D eigenvalue weighted by molar-refractivity contribution is 0.142. The molecule has 0 radical (unpaired) electrons. The Hall–Kier alpha value is -1.99. The zero-order valence-corrected chi connectivity index (χ0v) is 13.8. The molecule has 23 heavy (non-hydrogen) atoms. The Morgan fingerprint density at radius 2 is 2.17 bits per heavy atom. The summed E-state index contributed by atoms with van der Waals surface area (Å²) in [7, 11) is 0. The van der Waals surface area contributed by atoms with Gasteiger partial charge in [-0.2, -0.15) is 5.10 Å². The first-order valence-corrected chi connectivity index (χ1v) is 8.80. The number of nitrogens with one attached hydrogen (secondary N) is 1. The molecule has 1 fully saturated rings. The first kappa shape index (κ1) is 14.6. The van der Waals surface area contributed by atoms with Gasteiger partial charge in [0.05, 0.1) is 10.9 Å². The maximum Gasteiger partial charge on any atom is 0.257 e. The van der Waals surface area contributed by atoms with Crippen LogP contribution in [0.25, 0.3) is 10.8 Å². The van der Waals surface area contributed by atoms with Gasteiger partial charge in [-0.15, -0.1) is 21.5 Å². The average molecular weight is 329 g/mol. The monoisotopic (exact) mass is 329 g/mol. The molecule has 0 bridgehead atoms. The van der Waals surface area contributed by atoms with Gasteiger partial charge in [-0.05, 0) is 50.4 Å². The molecule has 0 spiro atoms. The highest BCUT2D eigenvalue weighted by Gasteiger charge is 2.27. The molecule has 0 aromatic carbocycles. The van der Waals surface area contributed by atoms with Crippen molar-refractivity contribution in [2.75, 3.05) is 13.1 Å². The van der Waals surface area contributed by atoms with Crippen LogP contribution >= 0.6 is 11.3 Å². The number of aromatic nitrogens is 4. The standard InChI is InChI=1S/C16H19N5OS/c1-11(15-19-20-16(22-15)14-3-2-10-23-14)21-8-5-12(6-9-21)13-4-7-17-18-13/h2-4,7,10-12H,5-6,8-9H2,1H3,(H,17,18)/t11-/m1/s1. The quantitative estimate of drug-likeness (QED) is 0.793. The van der Waals surface area contributed by atoms with Crippen molar-refractivity contribution < 1.29 is 4.42 Å². The SMILES string of the molecule is C[C@H](c1nnc(-c2cccs2)o1)N1CCC(c2ccn[nH]2)CC1. The van der Waals surface area contributed by atoms with Crippen LogP contribution in [0.2, 0.25) is 0 Å². The van der Waals surface area contributed by atoms with Crippen molar-refractivity contribution in [3.8, 4) is 10.8 Å². The van der Waals surface area contributed by atoms with E-state index < -0.39 is 0 Å². The van der Waals surface area contributed by atoms with Crippen LogP contribution in [0.3, 0.4) is 0 Å². The molecule has 0 amide bonds. The van der Waals surface area contributed by atoms with E-state index in [2.05, 4.69) is 38.3 Å². The van der Waals surface area contributed by atoms with Crippen molar-refractivity contribution in [1.82, 2.24) is 25.3 Å². The van der Waals surface area contributed by atoms with E-state index >= 15 is 0 Å². The highest BCUT2D eigenvalue weighted by molar-refractivity contribution is 7.13. The Kier molecular flexibility index (Phi) is 3.97. The highest BCUT2D eigenvalue weighted by Crippen LogP contribution is 2.32. The summed E-state index contributed by atoms with van der Waals surface area (Å²) in [5.74, 6) is 1.90. The highest BCUT2D eigenvalue weighted by atomic mass is 32.1.